The maximum Gasteiger partial charge on any atom is 0.235 e. The van der Waals surface area contributed by atoms with Gasteiger partial charge in [-0.3, -0.25) is 28.9 Å². The number of benzene rings is 1. The van der Waals surface area contributed by atoms with Crippen LogP contribution in [-0.2, 0) is 32.1 Å². The van der Waals surface area contributed by atoms with Gasteiger partial charge in [-0.2, -0.15) is 0 Å². The molecule has 2 saturated carbocycles. The van der Waals surface area contributed by atoms with Gasteiger partial charge in [0, 0.05) is 24.0 Å². The first-order valence-corrected chi connectivity index (χ1v) is 13.0. The number of ketones is 4. The summed E-state index contributed by atoms with van der Waals surface area (Å²) in [5, 5.41) is 26.0. The first-order chi connectivity index (χ1) is 17.5. The summed E-state index contributed by atoms with van der Waals surface area (Å²) in [6.07, 6.45) is 0.110. The minimum absolute atomic E-state index is 0.0105. The average Bonchev–Trinajstić information content (AvgIpc) is 2.78. The fourth-order valence-electron chi connectivity index (χ4n) is 6.41. The number of halogens is 1. The van der Waals surface area contributed by atoms with Gasteiger partial charge in [0.25, 0.3) is 0 Å². The summed E-state index contributed by atoms with van der Waals surface area (Å²) in [6.45, 7) is 7.23. The fourth-order valence-corrected chi connectivity index (χ4v) is 6.70. The Labute approximate surface area is 225 Å². The summed E-state index contributed by atoms with van der Waals surface area (Å²) >= 11 is 6.72. The maximum absolute atomic E-state index is 13.8. The summed E-state index contributed by atoms with van der Waals surface area (Å²) in [4.78, 5) is 67.4. The number of fused-ring (bicyclic) bond motifs is 3. The van der Waals surface area contributed by atoms with E-state index in [0.29, 0.717) is 29.2 Å². The first kappa shape index (κ1) is 28.4. The minimum atomic E-state index is -2.74. The molecular formula is C27H34ClN3O7. The van der Waals surface area contributed by atoms with Crippen LogP contribution < -0.4 is 11.1 Å². The largest absolute Gasteiger partial charge is 0.507 e. The standard InChI is InChI=1S/C27H34ClN3O7/c1-26(2,3)10-30-9-12-8-15(32)17-13(19(12)28)6-11-7-14-20(31(4)5)22(34)18(25(29)37)24(36)27(14,38)23(35)16(11)21(17)33/h8,11,14,16,18,20,30,32,38H,6-7,9-10H2,1-5H3,(H2,29,37)/t11-,14-,16?,18?,20-,27-/m0/s1. The van der Waals surface area contributed by atoms with Gasteiger partial charge in [0.15, 0.2) is 34.7 Å². The zero-order valence-corrected chi connectivity index (χ0v) is 22.9. The summed E-state index contributed by atoms with van der Waals surface area (Å²) in [7, 11) is 3.08. The van der Waals surface area contributed by atoms with Crippen molar-refractivity contribution in [3.63, 3.8) is 0 Å². The summed E-state index contributed by atoms with van der Waals surface area (Å²) in [5.41, 5.74) is 3.47. The molecule has 206 valence electrons. The number of phenols is 1. The van der Waals surface area contributed by atoms with Crippen LogP contribution in [0.15, 0.2) is 6.07 Å². The molecule has 0 saturated heterocycles. The molecule has 0 spiro atoms. The van der Waals surface area contributed by atoms with Crippen molar-refractivity contribution in [3.05, 3.63) is 27.8 Å². The van der Waals surface area contributed by atoms with E-state index >= 15 is 0 Å². The van der Waals surface area contributed by atoms with Crippen molar-refractivity contribution >= 4 is 40.6 Å². The molecule has 2 unspecified atom stereocenters. The Morgan fingerprint density at radius 2 is 1.84 bits per heavy atom. The van der Waals surface area contributed by atoms with Gasteiger partial charge in [-0.15, -0.1) is 0 Å². The van der Waals surface area contributed by atoms with E-state index in [1.807, 2.05) is 0 Å². The number of nitrogens with zero attached hydrogens (tertiary/aromatic N) is 1. The number of carbonyl (C=O) groups excluding carboxylic acids is 5. The van der Waals surface area contributed by atoms with Crippen molar-refractivity contribution in [2.75, 3.05) is 20.6 Å². The highest BCUT2D eigenvalue weighted by Crippen LogP contribution is 2.51. The molecule has 1 amide bonds. The third kappa shape index (κ3) is 4.27. The van der Waals surface area contributed by atoms with Gasteiger partial charge in [-0.05, 0) is 55.5 Å². The normalized spacial score (nSPS) is 31.2. The lowest BCUT2D eigenvalue weighted by atomic mass is 9.52. The second kappa shape index (κ2) is 9.51. The molecule has 10 nitrogen and oxygen atoms in total. The molecular weight excluding hydrogens is 514 g/mol. The van der Waals surface area contributed by atoms with E-state index in [2.05, 4.69) is 26.1 Å². The van der Waals surface area contributed by atoms with E-state index in [1.54, 1.807) is 14.1 Å². The van der Waals surface area contributed by atoms with Crippen molar-refractivity contribution in [2.24, 2.45) is 34.8 Å². The van der Waals surface area contributed by atoms with Gasteiger partial charge in [-0.25, -0.2) is 0 Å². The average molecular weight is 548 g/mol. The number of hydrogen-bond acceptors (Lipinski definition) is 9. The van der Waals surface area contributed by atoms with Crippen LogP contribution in [0, 0.1) is 29.1 Å². The van der Waals surface area contributed by atoms with Crippen LogP contribution in [-0.4, -0.2) is 76.4 Å². The molecule has 5 N–H and O–H groups in total. The number of phenolic OH excluding ortho intramolecular Hbond substituents is 1. The van der Waals surface area contributed by atoms with Crippen LogP contribution in [0.4, 0.5) is 0 Å². The lowest BCUT2D eigenvalue weighted by Crippen LogP contribution is -2.74. The molecule has 1 aromatic rings. The summed E-state index contributed by atoms with van der Waals surface area (Å²) < 4.78 is 0. The Morgan fingerprint density at radius 1 is 1.21 bits per heavy atom. The van der Waals surface area contributed by atoms with Gasteiger partial charge in [0.2, 0.25) is 5.91 Å². The molecule has 2 fully saturated rings. The van der Waals surface area contributed by atoms with Crippen molar-refractivity contribution < 1.29 is 34.2 Å². The number of amides is 1. The molecule has 0 radical (unpaired) electrons. The Kier molecular flexibility index (Phi) is 7.10. The number of hydrogen-bond donors (Lipinski definition) is 4. The Morgan fingerprint density at radius 3 is 2.39 bits per heavy atom. The predicted molar refractivity (Wildman–Crippen MR) is 138 cm³/mol. The zero-order chi connectivity index (χ0) is 28.5. The summed E-state index contributed by atoms with van der Waals surface area (Å²) in [5.74, 6) is -10.8. The molecule has 4 rings (SSSR count). The van der Waals surface area contributed by atoms with E-state index in [1.165, 1.54) is 11.0 Å². The molecule has 0 aliphatic heterocycles. The number of likely N-dealkylation sites (N-methyl/N-ethyl adjacent to an activating group) is 1. The zero-order valence-electron chi connectivity index (χ0n) is 22.1. The maximum atomic E-state index is 13.8. The van der Waals surface area contributed by atoms with Crippen LogP contribution in [0.1, 0.15) is 48.7 Å². The second-order valence-electron chi connectivity index (χ2n) is 12.2. The van der Waals surface area contributed by atoms with Crippen LogP contribution in [0.3, 0.4) is 0 Å². The predicted octanol–water partition coefficient (Wildman–Crippen LogP) is 0.656. The highest BCUT2D eigenvalue weighted by atomic mass is 35.5. The van der Waals surface area contributed by atoms with Gasteiger partial charge in [0.1, 0.15) is 5.75 Å². The van der Waals surface area contributed by atoms with Crippen molar-refractivity contribution in [2.45, 2.75) is 51.8 Å². The van der Waals surface area contributed by atoms with Crippen molar-refractivity contribution in [3.8, 4) is 5.75 Å². The van der Waals surface area contributed by atoms with Crippen LogP contribution in [0.25, 0.3) is 0 Å². The molecule has 6 atom stereocenters. The number of carbonyl (C=O) groups is 5. The van der Waals surface area contributed by atoms with Gasteiger partial charge in [0.05, 0.1) is 17.5 Å². The van der Waals surface area contributed by atoms with E-state index < -0.39 is 64.4 Å². The Bertz CT molecular complexity index is 1250. The Balaban J connectivity index is 1.77. The third-order valence-corrected chi connectivity index (χ3v) is 8.51. The van der Waals surface area contributed by atoms with Gasteiger partial charge >= 0.3 is 0 Å². The molecule has 1 aromatic carbocycles. The molecule has 0 heterocycles. The van der Waals surface area contributed by atoms with Crippen LogP contribution in [0.2, 0.25) is 5.02 Å². The number of nitrogens with one attached hydrogen (secondary N) is 1. The third-order valence-electron chi connectivity index (χ3n) is 8.04. The SMILES string of the molecule is CN(C)[C@@H]1C(=O)C(C(N)=O)C(=O)[C@@]2(O)C(=O)C3C(=O)c4c(O)cc(CNCC(C)(C)C)c(Cl)c4C[C@H]3C[C@@H]12. The number of rotatable bonds is 5. The topological polar surface area (TPSA) is 167 Å². The highest BCUT2D eigenvalue weighted by molar-refractivity contribution is 6.34. The quantitative estimate of drug-likeness (QED) is 0.387. The van der Waals surface area contributed by atoms with E-state index in [4.69, 9.17) is 17.3 Å². The lowest BCUT2D eigenvalue weighted by Gasteiger charge is -2.52. The number of nitrogens with two attached hydrogens (primary N) is 1. The van der Waals surface area contributed by atoms with Crippen molar-refractivity contribution in [1.29, 1.82) is 0 Å². The number of aromatic hydroxyl groups is 1. The second-order valence-corrected chi connectivity index (χ2v) is 12.6. The first-order valence-electron chi connectivity index (χ1n) is 12.6. The monoisotopic (exact) mass is 547 g/mol. The van der Waals surface area contributed by atoms with E-state index in [-0.39, 0.29) is 29.6 Å². The smallest absolute Gasteiger partial charge is 0.235 e. The summed E-state index contributed by atoms with van der Waals surface area (Å²) in [6, 6.07) is 0.239. The van der Waals surface area contributed by atoms with Gasteiger partial charge < -0.3 is 21.3 Å². The molecule has 0 bridgehead atoms. The molecule has 3 aliphatic carbocycles. The molecule has 3 aliphatic rings. The molecule has 11 heteroatoms. The fraction of sp³-hybridized carbons (Fsp3) is 0.593. The molecule has 38 heavy (non-hydrogen) atoms. The van der Waals surface area contributed by atoms with E-state index in [9.17, 15) is 34.2 Å². The van der Waals surface area contributed by atoms with Crippen LogP contribution in [0.5, 0.6) is 5.75 Å². The minimum Gasteiger partial charge on any atom is -0.507 e. The Hall–Kier alpha value is -2.66. The van der Waals surface area contributed by atoms with Gasteiger partial charge in [-0.1, -0.05) is 32.4 Å². The lowest BCUT2D eigenvalue weighted by molar-refractivity contribution is -0.181. The highest BCUT2D eigenvalue weighted by Gasteiger charge is 2.69. The van der Waals surface area contributed by atoms with Crippen molar-refractivity contribution in [1.82, 2.24) is 10.2 Å². The van der Waals surface area contributed by atoms with Crippen LogP contribution >= 0.6 is 11.6 Å². The number of aliphatic hydroxyl groups is 1. The van der Waals surface area contributed by atoms with E-state index in [0.717, 1.165) is 0 Å². The number of Topliss-reactive ketones (excluding diaryl/α,β-unsaturated/α-hetero) is 4. The molecule has 0 aromatic heterocycles. The number of primary amides is 1.